The molecule has 0 bridgehead atoms. The van der Waals surface area contributed by atoms with E-state index in [0.717, 1.165) is 23.2 Å². The van der Waals surface area contributed by atoms with Gasteiger partial charge >= 0.3 is 5.69 Å². The van der Waals surface area contributed by atoms with Crippen molar-refractivity contribution in [2.75, 3.05) is 0 Å². The summed E-state index contributed by atoms with van der Waals surface area (Å²) >= 11 is 1.50. The fourth-order valence-electron chi connectivity index (χ4n) is 3.00. The van der Waals surface area contributed by atoms with Crippen LogP contribution in [0.3, 0.4) is 0 Å². The van der Waals surface area contributed by atoms with Crippen LogP contribution in [-0.4, -0.2) is 9.13 Å². The van der Waals surface area contributed by atoms with Crippen LogP contribution in [0.1, 0.15) is 25.0 Å². The maximum atomic E-state index is 12.6. The second-order valence-corrected chi connectivity index (χ2v) is 7.43. The lowest BCUT2D eigenvalue weighted by Crippen LogP contribution is -2.38. The molecule has 0 spiro atoms. The lowest BCUT2D eigenvalue weighted by Gasteiger charge is -2.10. The van der Waals surface area contributed by atoms with Gasteiger partial charge < -0.3 is 0 Å². The van der Waals surface area contributed by atoms with Crippen molar-refractivity contribution in [2.45, 2.75) is 33.2 Å². The number of thiophene rings is 1. The first kappa shape index (κ1) is 16.7. The number of hydrogen-bond donors (Lipinski definition) is 0. The van der Waals surface area contributed by atoms with Crippen LogP contribution in [0, 0.1) is 5.92 Å². The van der Waals surface area contributed by atoms with Crippen molar-refractivity contribution in [2.24, 2.45) is 13.0 Å². The van der Waals surface area contributed by atoms with Crippen LogP contribution in [-0.2, 0) is 26.4 Å². The highest BCUT2D eigenvalue weighted by Crippen LogP contribution is 2.24. The Morgan fingerprint density at radius 1 is 1.12 bits per heavy atom. The summed E-state index contributed by atoms with van der Waals surface area (Å²) in [6.07, 6.45) is 1.62. The molecule has 24 heavy (non-hydrogen) atoms. The largest absolute Gasteiger partial charge is 0.331 e. The Hall–Kier alpha value is -2.14. The van der Waals surface area contributed by atoms with Gasteiger partial charge in [0.05, 0.1) is 5.39 Å². The van der Waals surface area contributed by atoms with Crippen LogP contribution in [0.2, 0.25) is 0 Å². The first-order valence-corrected chi connectivity index (χ1v) is 9.11. The molecule has 0 unspecified atom stereocenters. The van der Waals surface area contributed by atoms with Gasteiger partial charge in [0.15, 0.2) is 0 Å². The molecule has 3 aromatic rings. The van der Waals surface area contributed by atoms with Crippen LogP contribution in [0.25, 0.3) is 10.2 Å². The number of aryl methyl sites for hydroxylation is 2. The minimum atomic E-state index is -0.235. The third kappa shape index (κ3) is 3.08. The number of benzene rings is 1. The summed E-state index contributed by atoms with van der Waals surface area (Å²) in [5, 5.41) is 2.74. The van der Waals surface area contributed by atoms with Gasteiger partial charge in [-0.3, -0.25) is 13.9 Å². The summed E-state index contributed by atoms with van der Waals surface area (Å²) in [6, 6.07) is 10.1. The molecule has 0 radical (unpaired) electrons. The zero-order valence-corrected chi connectivity index (χ0v) is 15.1. The van der Waals surface area contributed by atoms with Gasteiger partial charge in [0.2, 0.25) is 0 Å². The predicted molar refractivity (Wildman–Crippen MR) is 100 cm³/mol. The van der Waals surface area contributed by atoms with Crippen LogP contribution in [0.15, 0.2) is 45.3 Å². The van der Waals surface area contributed by atoms with Crippen LogP contribution in [0.5, 0.6) is 0 Å². The summed E-state index contributed by atoms with van der Waals surface area (Å²) in [6.45, 7) is 4.86. The first-order chi connectivity index (χ1) is 11.5. The molecule has 0 aliphatic rings. The smallest absolute Gasteiger partial charge is 0.284 e. The van der Waals surface area contributed by atoms with E-state index in [-0.39, 0.29) is 11.2 Å². The van der Waals surface area contributed by atoms with Gasteiger partial charge in [-0.15, -0.1) is 11.3 Å². The fraction of sp³-hybridized carbons (Fsp3) is 0.368. The topological polar surface area (TPSA) is 44.0 Å². The predicted octanol–water partition coefficient (Wildman–Crippen LogP) is 3.20. The molecule has 0 aliphatic carbocycles. The van der Waals surface area contributed by atoms with Gasteiger partial charge in [0, 0.05) is 13.6 Å². The first-order valence-electron chi connectivity index (χ1n) is 8.23. The van der Waals surface area contributed by atoms with Gasteiger partial charge in [-0.1, -0.05) is 44.2 Å². The molecule has 1 aromatic carbocycles. The average Bonchev–Trinajstić information content (AvgIpc) is 2.96. The van der Waals surface area contributed by atoms with Crippen molar-refractivity contribution in [3.05, 3.63) is 67.7 Å². The van der Waals surface area contributed by atoms with Crippen molar-refractivity contribution in [3.8, 4) is 0 Å². The van der Waals surface area contributed by atoms with E-state index in [9.17, 15) is 9.59 Å². The molecule has 2 aromatic heterocycles. The Labute approximate surface area is 145 Å². The molecule has 0 amide bonds. The van der Waals surface area contributed by atoms with Crippen molar-refractivity contribution in [1.29, 1.82) is 0 Å². The maximum Gasteiger partial charge on any atom is 0.331 e. The van der Waals surface area contributed by atoms with E-state index in [1.165, 1.54) is 21.5 Å². The van der Waals surface area contributed by atoms with Gasteiger partial charge in [-0.05, 0) is 35.3 Å². The van der Waals surface area contributed by atoms with Crippen LogP contribution >= 0.6 is 11.3 Å². The maximum absolute atomic E-state index is 12.6. The summed E-state index contributed by atoms with van der Waals surface area (Å²) in [7, 11) is 1.57. The highest BCUT2D eigenvalue weighted by atomic mass is 32.1. The Kier molecular flexibility index (Phi) is 4.71. The van der Waals surface area contributed by atoms with Gasteiger partial charge in [-0.2, -0.15) is 0 Å². The number of nitrogens with zero attached hydrogens (tertiary/aromatic N) is 2. The number of rotatable bonds is 5. The Bertz CT molecular complexity index is 965. The zero-order valence-electron chi connectivity index (χ0n) is 14.3. The van der Waals surface area contributed by atoms with Crippen LogP contribution in [0.4, 0.5) is 0 Å². The molecule has 4 nitrogen and oxygen atoms in total. The van der Waals surface area contributed by atoms with E-state index in [4.69, 9.17) is 0 Å². The van der Waals surface area contributed by atoms with E-state index in [0.29, 0.717) is 17.8 Å². The standard InChI is InChI=1S/C19H22N2O2S/c1-13(2)11-15-12-24-18-16(15)17(22)20(3)19(23)21(18)10-9-14-7-5-4-6-8-14/h4-8,12-13H,9-11H2,1-3H3. The van der Waals surface area contributed by atoms with Crippen LogP contribution < -0.4 is 11.2 Å². The van der Waals surface area contributed by atoms with Crippen molar-refractivity contribution >= 4 is 21.6 Å². The minimum Gasteiger partial charge on any atom is -0.284 e. The lowest BCUT2D eigenvalue weighted by atomic mass is 10.0. The number of hydrogen-bond acceptors (Lipinski definition) is 3. The van der Waals surface area contributed by atoms with E-state index in [2.05, 4.69) is 26.0 Å². The molecule has 5 heteroatoms. The third-order valence-corrected chi connectivity index (χ3v) is 5.27. The summed E-state index contributed by atoms with van der Waals surface area (Å²) in [5.74, 6) is 0.470. The second-order valence-electron chi connectivity index (χ2n) is 6.57. The molecule has 2 heterocycles. The molecule has 0 aliphatic heterocycles. The second kappa shape index (κ2) is 6.77. The van der Waals surface area contributed by atoms with Gasteiger partial charge in [0.25, 0.3) is 5.56 Å². The molecule has 126 valence electrons. The third-order valence-electron chi connectivity index (χ3n) is 4.22. The van der Waals surface area contributed by atoms with Gasteiger partial charge in [-0.25, -0.2) is 4.79 Å². The number of fused-ring (bicyclic) bond motifs is 1. The summed E-state index contributed by atoms with van der Waals surface area (Å²) in [5.41, 5.74) is 1.83. The monoisotopic (exact) mass is 342 g/mol. The summed E-state index contributed by atoms with van der Waals surface area (Å²) < 4.78 is 2.99. The summed E-state index contributed by atoms with van der Waals surface area (Å²) in [4.78, 5) is 26.0. The van der Waals surface area contributed by atoms with E-state index in [1.807, 2.05) is 23.6 Å². The quantitative estimate of drug-likeness (QED) is 0.715. The molecule has 0 saturated heterocycles. The highest BCUT2D eigenvalue weighted by Gasteiger charge is 2.16. The molecule has 0 saturated carbocycles. The molecule has 3 rings (SSSR count). The molecular formula is C19H22N2O2S. The molecular weight excluding hydrogens is 320 g/mol. The molecule has 0 N–H and O–H groups in total. The van der Waals surface area contributed by atoms with Gasteiger partial charge in [0.1, 0.15) is 4.83 Å². The van der Waals surface area contributed by atoms with E-state index >= 15 is 0 Å². The minimum absolute atomic E-state index is 0.178. The Morgan fingerprint density at radius 3 is 2.50 bits per heavy atom. The number of aromatic nitrogens is 2. The van der Waals surface area contributed by atoms with Crippen molar-refractivity contribution in [1.82, 2.24) is 9.13 Å². The van der Waals surface area contributed by atoms with E-state index in [1.54, 1.807) is 11.6 Å². The molecule has 0 atom stereocenters. The highest BCUT2D eigenvalue weighted by molar-refractivity contribution is 7.17. The normalized spacial score (nSPS) is 11.5. The van der Waals surface area contributed by atoms with E-state index < -0.39 is 0 Å². The fourth-order valence-corrected chi connectivity index (χ4v) is 4.11. The zero-order chi connectivity index (χ0) is 17.3. The Morgan fingerprint density at radius 2 is 1.83 bits per heavy atom. The lowest BCUT2D eigenvalue weighted by molar-refractivity contribution is 0.625. The van der Waals surface area contributed by atoms with Crippen molar-refractivity contribution < 1.29 is 0 Å². The SMILES string of the molecule is CC(C)Cc1csc2c1c(=O)n(C)c(=O)n2CCc1ccccc1. The average molecular weight is 342 g/mol. The van der Waals surface area contributed by atoms with Crippen molar-refractivity contribution in [3.63, 3.8) is 0 Å². The Balaban J connectivity index is 2.08. The molecule has 0 fully saturated rings.